The fourth-order valence-electron chi connectivity index (χ4n) is 5.40. The van der Waals surface area contributed by atoms with Gasteiger partial charge in [0, 0.05) is 43.4 Å². The minimum absolute atomic E-state index is 0.0606. The Morgan fingerprint density at radius 1 is 1.10 bits per heavy atom. The SMILES string of the molecule is CN(C)[C@@H]1CCN(c2nc(CCC(=O)[C@@H]3CCCN3S(=O)(=O)c3ccc(Cl)s3)cc(-c3ccc(C(F)(F)F)cc3)n2)C1. The van der Waals surface area contributed by atoms with Crippen molar-refractivity contribution in [2.45, 2.75) is 54.6 Å². The van der Waals surface area contributed by atoms with E-state index in [4.69, 9.17) is 16.6 Å². The van der Waals surface area contributed by atoms with E-state index in [2.05, 4.69) is 9.88 Å². The summed E-state index contributed by atoms with van der Waals surface area (Å²) in [7, 11) is 0.157. The van der Waals surface area contributed by atoms with Gasteiger partial charge in [-0.05, 0) is 70.1 Å². The molecule has 42 heavy (non-hydrogen) atoms. The van der Waals surface area contributed by atoms with Gasteiger partial charge in [-0.3, -0.25) is 4.79 Å². The number of aryl methyl sites for hydroxylation is 1. The van der Waals surface area contributed by atoms with E-state index in [1.54, 1.807) is 6.07 Å². The van der Waals surface area contributed by atoms with Gasteiger partial charge in [0.2, 0.25) is 5.95 Å². The van der Waals surface area contributed by atoms with Crippen LogP contribution in [0.1, 0.15) is 36.9 Å². The molecule has 0 N–H and O–H groups in total. The zero-order chi connectivity index (χ0) is 30.2. The largest absolute Gasteiger partial charge is 0.416 e. The molecule has 2 aromatic heterocycles. The van der Waals surface area contributed by atoms with Crippen molar-refractivity contribution in [1.29, 1.82) is 0 Å². The van der Waals surface area contributed by atoms with Crippen LogP contribution in [0.15, 0.2) is 46.7 Å². The number of hydrogen-bond donors (Lipinski definition) is 0. The number of thiophene rings is 1. The van der Waals surface area contributed by atoms with Crippen molar-refractivity contribution in [3.8, 4) is 11.3 Å². The number of sulfonamides is 1. The van der Waals surface area contributed by atoms with Crippen molar-refractivity contribution in [2.24, 2.45) is 0 Å². The highest BCUT2D eigenvalue weighted by molar-refractivity contribution is 7.91. The number of nitrogens with zero attached hydrogens (tertiary/aromatic N) is 5. The number of benzene rings is 1. The van der Waals surface area contributed by atoms with Gasteiger partial charge >= 0.3 is 6.18 Å². The predicted octanol–water partition coefficient (Wildman–Crippen LogP) is 5.37. The molecule has 226 valence electrons. The van der Waals surface area contributed by atoms with Gasteiger partial charge in [0.1, 0.15) is 4.21 Å². The van der Waals surface area contributed by atoms with Crippen LogP contribution in [0.25, 0.3) is 11.3 Å². The molecule has 4 heterocycles. The average Bonchev–Trinajstić information content (AvgIpc) is 3.72. The van der Waals surface area contributed by atoms with Crippen molar-refractivity contribution < 1.29 is 26.4 Å². The number of carbonyl (C=O) groups excluding carboxylic acids is 1. The second-order valence-corrected chi connectivity index (χ2v) is 14.6. The first-order valence-corrected chi connectivity index (χ1v) is 16.2. The molecule has 0 radical (unpaired) electrons. The first kappa shape index (κ1) is 30.9. The predicted molar refractivity (Wildman–Crippen MR) is 156 cm³/mol. The lowest BCUT2D eigenvalue weighted by Gasteiger charge is -2.23. The van der Waals surface area contributed by atoms with Crippen LogP contribution in [0.2, 0.25) is 4.34 Å². The molecule has 8 nitrogen and oxygen atoms in total. The minimum Gasteiger partial charge on any atom is -0.339 e. The summed E-state index contributed by atoms with van der Waals surface area (Å²) >= 11 is 6.92. The molecule has 0 spiro atoms. The number of rotatable bonds is 9. The summed E-state index contributed by atoms with van der Waals surface area (Å²) in [6.45, 7) is 1.68. The van der Waals surface area contributed by atoms with Crippen LogP contribution in [-0.2, 0) is 27.4 Å². The topological polar surface area (TPSA) is 86.7 Å². The number of likely N-dealkylation sites (N-methyl/N-ethyl adjacent to an activating group) is 1. The molecule has 0 aliphatic carbocycles. The number of hydrogen-bond acceptors (Lipinski definition) is 8. The van der Waals surface area contributed by atoms with Crippen LogP contribution >= 0.6 is 22.9 Å². The van der Waals surface area contributed by atoms with Crippen molar-refractivity contribution in [2.75, 3.05) is 38.6 Å². The molecule has 0 amide bonds. The molecule has 1 aromatic carbocycles. The second kappa shape index (κ2) is 12.2. The fraction of sp³-hybridized carbons (Fsp3) is 0.464. The molecule has 0 bridgehead atoms. The van der Waals surface area contributed by atoms with Crippen molar-refractivity contribution in [1.82, 2.24) is 19.2 Å². The summed E-state index contributed by atoms with van der Waals surface area (Å²) in [4.78, 5) is 27.0. The maximum Gasteiger partial charge on any atom is 0.416 e. The van der Waals surface area contributed by atoms with E-state index in [0.29, 0.717) is 52.7 Å². The summed E-state index contributed by atoms with van der Waals surface area (Å²) in [6.07, 6.45) is -2.23. The lowest BCUT2D eigenvalue weighted by atomic mass is 10.0. The third-order valence-corrected chi connectivity index (χ3v) is 11.4. The third kappa shape index (κ3) is 6.65. The number of Topliss-reactive ketones (excluding diaryl/α,β-unsaturated/α-hetero) is 1. The van der Waals surface area contributed by atoms with Crippen LogP contribution in [0.3, 0.4) is 0 Å². The smallest absolute Gasteiger partial charge is 0.339 e. The molecule has 2 aliphatic heterocycles. The Morgan fingerprint density at radius 3 is 2.45 bits per heavy atom. The van der Waals surface area contributed by atoms with Gasteiger partial charge in [0.05, 0.1) is 21.6 Å². The highest BCUT2D eigenvalue weighted by Crippen LogP contribution is 2.34. The van der Waals surface area contributed by atoms with Gasteiger partial charge in [0.25, 0.3) is 10.0 Å². The van der Waals surface area contributed by atoms with Crippen LogP contribution in [0.5, 0.6) is 0 Å². The van der Waals surface area contributed by atoms with E-state index in [9.17, 15) is 26.4 Å². The molecule has 2 saturated heterocycles. The molecular formula is C28H31ClF3N5O3S2. The Balaban J connectivity index is 1.38. The number of anilines is 1. The van der Waals surface area contributed by atoms with Crippen molar-refractivity contribution in [3.05, 3.63) is 58.1 Å². The van der Waals surface area contributed by atoms with E-state index >= 15 is 0 Å². The number of alkyl halides is 3. The molecule has 2 fully saturated rings. The summed E-state index contributed by atoms with van der Waals surface area (Å²) < 4.78 is 67.6. The highest BCUT2D eigenvalue weighted by atomic mass is 35.5. The summed E-state index contributed by atoms with van der Waals surface area (Å²) in [5, 5.41) is 0. The average molecular weight is 642 g/mol. The first-order valence-electron chi connectivity index (χ1n) is 13.6. The molecule has 14 heteroatoms. The van der Waals surface area contributed by atoms with E-state index in [-0.39, 0.29) is 29.4 Å². The normalized spacial score (nSPS) is 20.1. The minimum atomic E-state index is -4.45. The molecule has 5 rings (SSSR count). The zero-order valence-electron chi connectivity index (χ0n) is 23.1. The van der Waals surface area contributed by atoms with E-state index < -0.39 is 27.8 Å². The number of halogens is 4. The maximum absolute atomic E-state index is 13.4. The van der Waals surface area contributed by atoms with Gasteiger partial charge in [-0.25, -0.2) is 18.4 Å². The quantitative estimate of drug-likeness (QED) is 0.310. The second-order valence-electron chi connectivity index (χ2n) is 10.8. The van der Waals surface area contributed by atoms with Gasteiger partial charge < -0.3 is 9.80 Å². The molecular weight excluding hydrogens is 611 g/mol. The molecule has 0 unspecified atom stereocenters. The Morgan fingerprint density at radius 2 is 1.83 bits per heavy atom. The van der Waals surface area contributed by atoms with Crippen LogP contribution in [0.4, 0.5) is 19.1 Å². The Hall–Kier alpha value is -2.58. The van der Waals surface area contributed by atoms with Crippen LogP contribution in [-0.4, -0.2) is 79.2 Å². The van der Waals surface area contributed by atoms with E-state index in [1.807, 2.05) is 19.0 Å². The van der Waals surface area contributed by atoms with Gasteiger partial charge in [-0.2, -0.15) is 17.5 Å². The Labute approximate surface area is 252 Å². The molecule has 0 saturated carbocycles. The summed E-state index contributed by atoms with van der Waals surface area (Å²) in [5.74, 6) is 0.252. The van der Waals surface area contributed by atoms with Gasteiger partial charge in [-0.15, -0.1) is 11.3 Å². The number of carbonyl (C=O) groups is 1. The Kier molecular flexibility index (Phi) is 8.96. The summed E-state index contributed by atoms with van der Waals surface area (Å²) in [5.41, 5.74) is 0.781. The lowest BCUT2D eigenvalue weighted by molar-refractivity contribution is -0.137. The third-order valence-electron chi connectivity index (χ3n) is 7.77. The monoisotopic (exact) mass is 641 g/mol. The lowest BCUT2D eigenvalue weighted by Crippen LogP contribution is -2.40. The Bertz CT molecular complexity index is 1550. The van der Waals surface area contributed by atoms with Crippen molar-refractivity contribution >= 4 is 44.7 Å². The van der Waals surface area contributed by atoms with Gasteiger partial charge in [0.15, 0.2) is 5.78 Å². The molecule has 2 aliphatic rings. The van der Waals surface area contributed by atoms with E-state index in [0.717, 1.165) is 36.4 Å². The van der Waals surface area contributed by atoms with Crippen molar-refractivity contribution in [3.63, 3.8) is 0 Å². The first-order chi connectivity index (χ1) is 19.8. The maximum atomic E-state index is 13.4. The highest BCUT2D eigenvalue weighted by Gasteiger charge is 2.39. The number of ketones is 1. The standard InChI is InChI=1S/C28H31ClF3N5O3S2/c1-35(2)21-13-15-36(17-21)27-33-20(16-22(34-27)18-5-7-19(8-6-18)28(30,31)32)9-10-24(38)23-4-3-14-37(23)42(39,40)26-12-11-25(29)41-26/h5-8,11-12,16,21,23H,3-4,9-10,13-15,17H2,1-2H3/t21-,23+/m1/s1. The molecule has 2 atom stereocenters. The molecule has 3 aromatic rings. The van der Waals surface area contributed by atoms with E-state index in [1.165, 1.54) is 28.6 Å². The van der Waals surface area contributed by atoms with Crippen LogP contribution < -0.4 is 4.90 Å². The zero-order valence-corrected chi connectivity index (χ0v) is 25.5. The fourth-order valence-corrected chi connectivity index (χ4v) is 8.69. The number of aromatic nitrogens is 2. The van der Waals surface area contributed by atoms with Gasteiger partial charge in [-0.1, -0.05) is 23.7 Å². The summed E-state index contributed by atoms with van der Waals surface area (Å²) in [6, 6.07) is 9.01. The van der Waals surface area contributed by atoms with Crippen LogP contribution in [0, 0.1) is 0 Å².